The Morgan fingerprint density at radius 2 is 1.93 bits per heavy atom. The van der Waals surface area contributed by atoms with Gasteiger partial charge in [-0.2, -0.15) is 0 Å². The van der Waals surface area contributed by atoms with Gasteiger partial charge in [-0.3, -0.25) is 4.79 Å². The lowest BCUT2D eigenvalue weighted by Crippen LogP contribution is -2.55. The average molecular weight is 367 g/mol. The molecule has 0 heterocycles. The van der Waals surface area contributed by atoms with Crippen molar-refractivity contribution in [2.75, 3.05) is 7.11 Å². The minimum Gasteiger partial charge on any atom is -0.469 e. The Labute approximate surface area is 162 Å². The SMILES string of the molecule is C=O.CCC/C=C1\C2CC3(C(=O)OC)CC4(c5ccccc5)CC1C4(C2)C3. The fourth-order valence-corrected chi connectivity index (χ4v) is 7.56. The molecule has 0 aliphatic heterocycles. The van der Waals surface area contributed by atoms with Crippen molar-refractivity contribution in [3.63, 3.8) is 0 Å². The third-order valence-electron chi connectivity index (χ3n) is 8.20. The molecule has 3 heteroatoms. The maximum absolute atomic E-state index is 12.9. The summed E-state index contributed by atoms with van der Waals surface area (Å²) in [6.07, 6.45) is 10.5. The Hall–Kier alpha value is -1.90. The summed E-state index contributed by atoms with van der Waals surface area (Å²) in [5.74, 6) is 1.37. The largest absolute Gasteiger partial charge is 0.469 e. The highest BCUT2D eigenvalue weighted by Gasteiger charge is 2.81. The van der Waals surface area contributed by atoms with Gasteiger partial charge in [0.15, 0.2) is 0 Å². The normalized spacial score (nSPS) is 41.5. The molecule has 1 aromatic carbocycles. The van der Waals surface area contributed by atoms with Crippen molar-refractivity contribution in [2.45, 2.75) is 57.3 Å². The summed E-state index contributed by atoms with van der Waals surface area (Å²) >= 11 is 0. The van der Waals surface area contributed by atoms with E-state index in [-0.39, 0.29) is 16.8 Å². The van der Waals surface area contributed by atoms with Gasteiger partial charge in [0.1, 0.15) is 6.79 Å². The van der Waals surface area contributed by atoms with Crippen LogP contribution in [-0.4, -0.2) is 19.9 Å². The molecule has 4 aliphatic carbocycles. The topological polar surface area (TPSA) is 43.4 Å². The number of allylic oxidation sites excluding steroid dienone is 2. The van der Waals surface area contributed by atoms with Crippen molar-refractivity contribution in [3.8, 4) is 0 Å². The fourth-order valence-electron chi connectivity index (χ4n) is 7.56. The van der Waals surface area contributed by atoms with E-state index >= 15 is 0 Å². The molecule has 5 rings (SSSR count). The van der Waals surface area contributed by atoms with Gasteiger partial charge in [-0.25, -0.2) is 0 Å². The highest BCUT2D eigenvalue weighted by Crippen LogP contribution is 2.85. The molecular weight excluding hydrogens is 336 g/mol. The second-order valence-electron chi connectivity index (χ2n) is 9.08. The minimum atomic E-state index is -0.246. The molecule has 0 N–H and O–H groups in total. The summed E-state index contributed by atoms with van der Waals surface area (Å²) in [6.45, 7) is 4.26. The van der Waals surface area contributed by atoms with E-state index in [9.17, 15) is 4.79 Å². The zero-order valence-electron chi connectivity index (χ0n) is 16.5. The van der Waals surface area contributed by atoms with Crippen LogP contribution in [0, 0.1) is 22.7 Å². The molecule has 3 nitrogen and oxygen atoms in total. The molecule has 0 aromatic heterocycles. The number of unbranched alkanes of at least 4 members (excludes halogenated alkanes) is 1. The number of rotatable bonds is 4. The van der Waals surface area contributed by atoms with E-state index in [4.69, 9.17) is 9.53 Å². The molecule has 144 valence electrons. The van der Waals surface area contributed by atoms with Crippen LogP contribution in [-0.2, 0) is 19.7 Å². The first-order valence-corrected chi connectivity index (χ1v) is 10.2. The smallest absolute Gasteiger partial charge is 0.311 e. The van der Waals surface area contributed by atoms with E-state index in [0.29, 0.717) is 17.3 Å². The molecule has 0 amide bonds. The summed E-state index contributed by atoms with van der Waals surface area (Å²) in [5, 5.41) is 0. The number of methoxy groups -OCH3 is 1. The summed E-state index contributed by atoms with van der Waals surface area (Å²) < 4.78 is 5.34. The lowest BCUT2D eigenvalue weighted by molar-refractivity contribution is -0.155. The first-order valence-electron chi connectivity index (χ1n) is 10.2. The molecule has 1 spiro atoms. The van der Waals surface area contributed by atoms with Crippen molar-refractivity contribution < 1.29 is 14.3 Å². The second kappa shape index (κ2) is 6.32. The predicted octanol–water partition coefficient (Wildman–Crippen LogP) is 4.85. The van der Waals surface area contributed by atoms with Gasteiger partial charge in [-0.1, -0.05) is 55.3 Å². The van der Waals surface area contributed by atoms with Crippen LogP contribution in [0.15, 0.2) is 42.0 Å². The second-order valence-corrected chi connectivity index (χ2v) is 9.08. The average Bonchev–Trinajstić information content (AvgIpc) is 3.00. The Bertz CT molecular complexity index is 769. The highest BCUT2D eigenvalue weighted by atomic mass is 16.5. The number of hydrogen-bond donors (Lipinski definition) is 0. The van der Waals surface area contributed by atoms with E-state index < -0.39 is 0 Å². The van der Waals surface area contributed by atoms with E-state index in [1.807, 2.05) is 6.79 Å². The molecule has 4 fully saturated rings. The molecule has 4 aliphatic rings. The number of benzene rings is 1. The third-order valence-corrected chi connectivity index (χ3v) is 8.20. The van der Waals surface area contributed by atoms with Crippen molar-refractivity contribution in [2.24, 2.45) is 22.7 Å². The van der Waals surface area contributed by atoms with Crippen molar-refractivity contribution in [3.05, 3.63) is 47.5 Å². The highest BCUT2D eigenvalue weighted by molar-refractivity contribution is 5.79. The van der Waals surface area contributed by atoms with Crippen LogP contribution >= 0.6 is 0 Å². The summed E-state index contributed by atoms with van der Waals surface area (Å²) in [7, 11) is 1.58. The number of fused-ring (bicyclic) bond motifs is 2. The summed E-state index contributed by atoms with van der Waals surface area (Å²) in [5.41, 5.74) is 3.42. The molecular formula is C24H30O3. The molecule has 1 aromatic rings. The van der Waals surface area contributed by atoms with Gasteiger partial charge in [0.25, 0.3) is 0 Å². The minimum absolute atomic E-state index is 0.0526. The first kappa shape index (κ1) is 18.5. The fraction of sp³-hybridized carbons (Fsp3) is 0.583. The van der Waals surface area contributed by atoms with E-state index in [1.54, 1.807) is 12.7 Å². The van der Waals surface area contributed by atoms with Gasteiger partial charge in [0, 0.05) is 5.41 Å². The first-order chi connectivity index (χ1) is 13.1. The Morgan fingerprint density at radius 1 is 1.19 bits per heavy atom. The van der Waals surface area contributed by atoms with E-state index in [0.717, 1.165) is 19.3 Å². The van der Waals surface area contributed by atoms with Gasteiger partial charge in [0.2, 0.25) is 0 Å². The Morgan fingerprint density at radius 3 is 2.59 bits per heavy atom. The number of carbonyl (C=O) groups excluding carboxylic acids is 2. The van der Waals surface area contributed by atoms with E-state index in [2.05, 4.69) is 43.3 Å². The summed E-state index contributed by atoms with van der Waals surface area (Å²) in [6, 6.07) is 11.1. The van der Waals surface area contributed by atoms with Crippen LogP contribution in [0.25, 0.3) is 0 Å². The maximum Gasteiger partial charge on any atom is 0.311 e. The van der Waals surface area contributed by atoms with Gasteiger partial charge < -0.3 is 9.53 Å². The van der Waals surface area contributed by atoms with Crippen molar-refractivity contribution >= 4 is 12.8 Å². The zero-order chi connectivity index (χ0) is 19.3. The molecule has 3 bridgehead atoms. The van der Waals surface area contributed by atoms with Crippen LogP contribution in [0.2, 0.25) is 0 Å². The zero-order valence-corrected chi connectivity index (χ0v) is 16.5. The van der Waals surface area contributed by atoms with Crippen molar-refractivity contribution in [1.82, 2.24) is 0 Å². The number of hydrogen-bond acceptors (Lipinski definition) is 3. The molecule has 5 atom stereocenters. The van der Waals surface area contributed by atoms with Crippen LogP contribution in [0.4, 0.5) is 0 Å². The van der Waals surface area contributed by atoms with Gasteiger partial charge in [0.05, 0.1) is 12.5 Å². The lowest BCUT2D eigenvalue weighted by atomic mass is 9.44. The number of carbonyl (C=O) groups is 2. The Kier molecular flexibility index (Phi) is 4.32. The molecule has 4 saturated carbocycles. The van der Waals surface area contributed by atoms with E-state index in [1.165, 1.54) is 31.2 Å². The lowest BCUT2D eigenvalue weighted by Gasteiger charge is -2.59. The molecule has 0 radical (unpaired) electrons. The van der Waals surface area contributed by atoms with Gasteiger partial charge in [-0.05, 0) is 61.3 Å². The van der Waals surface area contributed by atoms with Gasteiger partial charge >= 0.3 is 5.97 Å². The predicted molar refractivity (Wildman–Crippen MR) is 105 cm³/mol. The van der Waals surface area contributed by atoms with Crippen LogP contribution in [0.5, 0.6) is 0 Å². The number of ether oxygens (including phenoxy) is 1. The quantitative estimate of drug-likeness (QED) is 0.565. The molecule has 27 heavy (non-hydrogen) atoms. The van der Waals surface area contributed by atoms with Crippen LogP contribution in [0.3, 0.4) is 0 Å². The van der Waals surface area contributed by atoms with Crippen LogP contribution < -0.4 is 0 Å². The standard InChI is InChI=1S/C23H28O2.CH2O/c1-3-4-10-18-16-11-21(20(24)25-2)14-22(17-8-6-5-7-9-17)13-19(18)23(22,12-16)15-21;1-2/h5-10,16,19H,3-4,11-15H2,1-2H3;1H2/b18-10+;. The molecule has 5 unspecified atom stereocenters. The third kappa shape index (κ3) is 2.14. The summed E-state index contributed by atoms with van der Waals surface area (Å²) in [4.78, 5) is 20.9. The van der Waals surface area contributed by atoms with Gasteiger partial charge in [-0.15, -0.1) is 0 Å². The molecule has 0 saturated heterocycles. The van der Waals surface area contributed by atoms with Crippen LogP contribution in [0.1, 0.15) is 57.4 Å². The van der Waals surface area contributed by atoms with Crippen molar-refractivity contribution in [1.29, 1.82) is 0 Å². The Balaban J connectivity index is 0.000000872. The monoisotopic (exact) mass is 366 g/mol. The number of esters is 1. The maximum atomic E-state index is 12.9.